The van der Waals surface area contributed by atoms with Gasteiger partial charge in [0.05, 0.1) is 0 Å². The lowest BCUT2D eigenvalue weighted by atomic mass is 10.1. The van der Waals surface area contributed by atoms with E-state index in [0.29, 0.717) is 12.0 Å². The Morgan fingerprint density at radius 2 is 2.00 bits per heavy atom. The van der Waals surface area contributed by atoms with Gasteiger partial charge in [0.25, 0.3) is 0 Å². The number of pyridine rings is 1. The summed E-state index contributed by atoms with van der Waals surface area (Å²) in [6.07, 6.45) is 1.89. The molecule has 0 amide bonds. The van der Waals surface area contributed by atoms with Crippen LogP contribution in [0.4, 0.5) is 5.82 Å². The van der Waals surface area contributed by atoms with Gasteiger partial charge in [-0.2, -0.15) is 0 Å². The molecule has 0 bridgehead atoms. The zero-order chi connectivity index (χ0) is 14.4. The minimum Gasteiger partial charge on any atom is -0.354 e. The molecular formula is C15H26BrN3. The van der Waals surface area contributed by atoms with Crippen molar-refractivity contribution in [3.63, 3.8) is 0 Å². The molecule has 0 aromatic carbocycles. The molecule has 3 nitrogen and oxygen atoms in total. The molecule has 0 radical (unpaired) electrons. The van der Waals surface area contributed by atoms with E-state index >= 15 is 0 Å². The number of aromatic nitrogens is 1. The second-order valence-corrected chi connectivity index (χ2v) is 6.47. The number of hydrogen-bond donors (Lipinski definition) is 1. The lowest BCUT2D eigenvalue weighted by Crippen LogP contribution is -2.36. The van der Waals surface area contributed by atoms with Gasteiger partial charge in [-0.15, -0.1) is 0 Å². The van der Waals surface area contributed by atoms with Gasteiger partial charge in [-0.05, 0) is 48.3 Å². The predicted molar refractivity (Wildman–Crippen MR) is 86.6 cm³/mol. The normalized spacial score (nSPS) is 11.4. The molecule has 1 rings (SSSR count). The van der Waals surface area contributed by atoms with Crippen LogP contribution in [0.15, 0.2) is 16.7 Å². The summed E-state index contributed by atoms with van der Waals surface area (Å²) in [6, 6.07) is 2.62. The summed E-state index contributed by atoms with van der Waals surface area (Å²) in [5, 5.41) is 3.39. The first-order valence-corrected chi connectivity index (χ1v) is 7.86. The van der Waals surface area contributed by atoms with Crippen molar-refractivity contribution in [1.82, 2.24) is 10.3 Å². The third-order valence-corrected chi connectivity index (χ3v) is 3.37. The number of rotatable bonds is 7. The second kappa shape index (κ2) is 7.85. The van der Waals surface area contributed by atoms with Crippen LogP contribution in [0.5, 0.6) is 0 Å². The van der Waals surface area contributed by atoms with Gasteiger partial charge < -0.3 is 10.2 Å². The standard InChI is InChI=1S/C15H26BrN3/c1-6-17-8-13-7-14(16)9-18-15(13)19(12(4)5)10-11(2)3/h7,9,11-12,17H,6,8,10H2,1-5H3. The van der Waals surface area contributed by atoms with Gasteiger partial charge in [-0.25, -0.2) is 4.98 Å². The SMILES string of the molecule is CCNCc1cc(Br)cnc1N(CC(C)C)C(C)C. The summed E-state index contributed by atoms with van der Waals surface area (Å²) in [4.78, 5) is 7.04. The van der Waals surface area contributed by atoms with E-state index in [-0.39, 0.29) is 0 Å². The van der Waals surface area contributed by atoms with Gasteiger partial charge >= 0.3 is 0 Å². The average molecular weight is 328 g/mol. The van der Waals surface area contributed by atoms with Crippen LogP contribution in [0, 0.1) is 5.92 Å². The van der Waals surface area contributed by atoms with Gasteiger partial charge in [0.1, 0.15) is 5.82 Å². The maximum Gasteiger partial charge on any atom is 0.133 e. The molecule has 1 heterocycles. The van der Waals surface area contributed by atoms with Crippen molar-refractivity contribution < 1.29 is 0 Å². The maximum atomic E-state index is 4.64. The fourth-order valence-corrected chi connectivity index (χ4v) is 2.44. The van der Waals surface area contributed by atoms with Crippen LogP contribution in [0.3, 0.4) is 0 Å². The van der Waals surface area contributed by atoms with Crippen molar-refractivity contribution in [3.8, 4) is 0 Å². The van der Waals surface area contributed by atoms with Crippen LogP contribution in [0.1, 0.15) is 40.2 Å². The summed E-state index contributed by atoms with van der Waals surface area (Å²) < 4.78 is 1.04. The highest BCUT2D eigenvalue weighted by atomic mass is 79.9. The molecular weight excluding hydrogens is 302 g/mol. The molecule has 0 aliphatic heterocycles. The van der Waals surface area contributed by atoms with Crippen molar-refractivity contribution in [3.05, 3.63) is 22.3 Å². The van der Waals surface area contributed by atoms with Crippen LogP contribution in [0.2, 0.25) is 0 Å². The van der Waals surface area contributed by atoms with E-state index in [1.165, 1.54) is 5.56 Å². The first kappa shape index (κ1) is 16.4. The number of nitrogens with one attached hydrogen (secondary N) is 1. The first-order valence-electron chi connectivity index (χ1n) is 7.07. The smallest absolute Gasteiger partial charge is 0.133 e. The summed E-state index contributed by atoms with van der Waals surface area (Å²) in [7, 11) is 0. The highest BCUT2D eigenvalue weighted by molar-refractivity contribution is 9.10. The molecule has 0 aliphatic rings. The first-order chi connectivity index (χ1) is 8.95. The van der Waals surface area contributed by atoms with E-state index in [1.54, 1.807) is 0 Å². The number of hydrogen-bond acceptors (Lipinski definition) is 3. The third kappa shape index (κ3) is 5.11. The second-order valence-electron chi connectivity index (χ2n) is 5.56. The molecule has 0 atom stereocenters. The van der Waals surface area contributed by atoms with Crippen LogP contribution in [-0.2, 0) is 6.54 Å². The summed E-state index contributed by atoms with van der Waals surface area (Å²) in [5.41, 5.74) is 1.26. The Morgan fingerprint density at radius 1 is 1.32 bits per heavy atom. The maximum absolute atomic E-state index is 4.64. The van der Waals surface area contributed by atoms with Gasteiger partial charge in [0.2, 0.25) is 0 Å². The fourth-order valence-electron chi connectivity index (χ4n) is 2.06. The van der Waals surface area contributed by atoms with Crippen molar-refractivity contribution in [2.75, 3.05) is 18.0 Å². The van der Waals surface area contributed by atoms with Gasteiger partial charge in [0, 0.05) is 35.4 Å². The number of anilines is 1. The van der Waals surface area contributed by atoms with E-state index in [0.717, 1.165) is 29.9 Å². The minimum atomic E-state index is 0.455. The van der Waals surface area contributed by atoms with Crippen LogP contribution in [-0.4, -0.2) is 24.1 Å². The van der Waals surface area contributed by atoms with E-state index < -0.39 is 0 Å². The highest BCUT2D eigenvalue weighted by Gasteiger charge is 2.17. The molecule has 0 spiro atoms. The Hall–Kier alpha value is -0.610. The molecule has 1 aromatic rings. The lowest BCUT2D eigenvalue weighted by Gasteiger charge is -2.31. The topological polar surface area (TPSA) is 28.2 Å². The molecule has 0 saturated heterocycles. The Balaban J connectivity index is 3.06. The molecule has 0 unspecified atom stereocenters. The molecule has 0 fully saturated rings. The van der Waals surface area contributed by atoms with E-state index in [4.69, 9.17) is 0 Å². The highest BCUT2D eigenvalue weighted by Crippen LogP contribution is 2.24. The molecule has 1 N–H and O–H groups in total. The van der Waals surface area contributed by atoms with E-state index in [2.05, 4.69) is 71.8 Å². The van der Waals surface area contributed by atoms with Crippen LogP contribution in [0.25, 0.3) is 0 Å². The number of halogens is 1. The summed E-state index contributed by atoms with van der Waals surface area (Å²) in [5.74, 6) is 1.73. The number of nitrogens with zero attached hydrogens (tertiary/aromatic N) is 2. The third-order valence-electron chi connectivity index (χ3n) is 2.93. The summed E-state index contributed by atoms with van der Waals surface area (Å²) in [6.45, 7) is 13.9. The molecule has 0 saturated carbocycles. The van der Waals surface area contributed by atoms with Crippen molar-refractivity contribution in [2.24, 2.45) is 5.92 Å². The average Bonchev–Trinajstić information content (AvgIpc) is 2.33. The lowest BCUT2D eigenvalue weighted by molar-refractivity contribution is 0.562. The zero-order valence-electron chi connectivity index (χ0n) is 12.7. The predicted octanol–water partition coefficient (Wildman–Crippen LogP) is 3.82. The quantitative estimate of drug-likeness (QED) is 0.825. The van der Waals surface area contributed by atoms with E-state index in [1.807, 2.05) is 6.20 Å². The van der Waals surface area contributed by atoms with Crippen molar-refractivity contribution in [1.29, 1.82) is 0 Å². The van der Waals surface area contributed by atoms with Crippen molar-refractivity contribution in [2.45, 2.75) is 47.2 Å². The Bertz CT molecular complexity index is 391. The van der Waals surface area contributed by atoms with Gasteiger partial charge in [0.15, 0.2) is 0 Å². The van der Waals surface area contributed by atoms with Gasteiger partial charge in [-0.3, -0.25) is 0 Å². The summed E-state index contributed by atoms with van der Waals surface area (Å²) >= 11 is 3.52. The van der Waals surface area contributed by atoms with E-state index in [9.17, 15) is 0 Å². The van der Waals surface area contributed by atoms with Gasteiger partial charge in [-0.1, -0.05) is 20.8 Å². The molecule has 108 valence electrons. The van der Waals surface area contributed by atoms with Crippen LogP contribution >= 0.6 is 15.9 Å². The Kier molecular flexibility index (Phi) is 6.80. The Morgan fingerprint density at radius 3 is 2.53 bits per heavy atom. The zero-order valence-corrected chi connectivity index (χ0v) is 14.3. The Labute approximate surface area is 125 Å². The fraction of sp³-hybridized carbons (Fsp3) is 0.667. The largest absolute Gasteiger partial charge is 0.354 e. The minimum absolute atomic E-state index is 0.455. The molecule has 1 aromatic heterocycles. The molecule has 4 heteroatoms. The molecule has 19 heavy (non-hydrogen) atoms. The van der Waals surface area contributed by atoms with Crippen molar-refractivity contribution >= 4 is 21.7 Å². The molecule has 0 aliphatic carbocycles. The monoisotopic (exact) mass is 327 g/mol. The van der Waals surface area contributed by atoms with Crippen LogP contribution < -0.4 is 10.2 Å².